The standard InChI is InChI=1S/C43H64O7/c1-2-3-4-5-6-7-8-9-10-20-27-44-28-29-45-30-31-46-32-33-47-34-35-48-36-37-49-38-39-50-43(40-21-14-11-15-22-40,41-23-16-12-17-24-41)42-25-18-13-19-26-42/h11-19,21-26H,2-10,20,27-39H2,1H3. The van der Waals surface area contributed by atoms with E-state index in [1.165, 1.54) is 57.8 Å². The van der Waals surface area contributed by atoms with Gasteiger partial charge in [0.15, 0.2) is 0 Å². The molecule has 3 aromatic carbocycles. The molecule has 7 nitrogen and oxygen atoms in total. The molecular weight excluding hydrogens is 628 g/mol. The first kappa shape index (κ1) is 41.8. The van der Waals surface area contributed by atoms with Crippen LogP contribution in [-0.2, 0) is 38.8 Å². The van der Waals surface area contributed by atoms with Gasteiger partial charge in [-0.15, -0.1) is 0 Å². The van der Waals surface area contributed by atoms with Gasteiger partial charge in [-0.05, 0) is 23.1 Å². The van der Waals surface area contributed by atoms with Crippen molar-refractivity contribution in [2.75, 3.05) is 85.9 Å². The van der Waals surface area contributed by atoms with Crippen LogP contribution in [-0.4, -0.2) is 85.9 Å². The molecule has 278 valence electrons. The van der Waals surface area contributed by atoms with Gasteiger partial charge in [-0.2, -0.15) is 0 Å². The molecule has 3 rings (SSSR count). The van der Waals surface area contributed by atoms with Gasteiger partial charge in [-0.25, -0.2) is 0 Å². The third-order valence-electron chi connectivity index (χ3n) is 8.59. The summed E-state index contributed by atoms with van der Waals surface area (Å²) in [5, 5.41) is 0. The van der Waals surface area contributed by atoms with E-state index in [0.717, 1.165) is 29.7 Å². The maximum atomic E-state index is 6.74. The lowest BCUT2D eigenvalue weighted by molar-refractivity contribution is -0.0395. The largest absolute Gasteiger partial charge is 0.379 e. The zero-order valence-electron chi connectivity index (χ0n) is 30.8. The average Bonchev–Trinajstić information content (AvgIpc) is 3.17. The SMILES string of the molecule is CCCCCCCCCCCCOCCOCCOCCOCCOCCOCCOC(c1ccccc1)(c1ccccc1)c1ccccc1. The van der Waals surface area contributed by atoms with E-state index in [1.54, 1.807) is 0 Å². The topological polar surface area (TPSA) is 64.6 Å². The van der Waals surface area contributed by atoms with E-state index in [-0.39, 0.29) is 0 Å². The van der Waals surface area contributed by atoms with Crippen LogP contribution in [0.1, 0.15) is 87.8 Å². The van der Waals surface area contributed by atoms with Crippen molar-refractivity contribution in [1.82, 2.24) is 0 Å². The predicted molar refractivity (Wildman–Crippen MR) is 202 cm³/mol. The third kappa shape index (κ3) is 17.5. The van der Waals surface area contributed by atoms with Gasteiger partial charge in [-0.1, -0.05) is 156 Å². The molecule has 0 atom stereocenters. The molecular formula is C43H64O7. The van der Waals surface area contributed by atoms with E-state index in [0.29, 0.717) is 79.3 Å². The quantitative estimate of drug-likeness (QED) is 0.0466. The summed E-state index contributed by atoms with van der Waals surface area (Å²) in [4.78, 5) is 0. The molecule has 0 bridgehead atoms. The molecule has 0 aliphatic rings. The van der Waals surface area contributed by atoms with E-state index in [2.05, 4.69) is 79.7 Å². The Morgan fingerprint density at radius 1 is 0.320 bits per heavy atom. The van der Waals surface area contributed by atoms with Gasteiger partial charge in [0.05, 0.1) is 79.3 Å². The van der Waals surface area contributed by atoms with Crippen molar-refractivity contribution >= 4 is 0 Å². The van der Waals surface area contributed by atoms with Gasteiger partial charge in [0.1, 0.15) is 5.60 Å². The Labute approximate surface area is 302 Å². The molecule has 0 saturated heterocycles. The summed E-state index contributed by atoms with van der Waals surface area (Å²) in [6.45, 7) is 9.49. The Balaban J connectivity index is 1.11. The fourth-order valence-corrected chi connectivity index (χ4v) is 5.92. The summed E-state index contributed by atoms with van der Waals surface area (Å²) in [5.74, 6) is 0. The zero-order chi connectivity index (χ0) is 35.1. The Kier molecular flexibility index (Phi) is 24.3. The fraction of sp³-hybridized carbons (Fsp3) is 0.581. The summed E-state index contributed by atoms with van der Waals surface area (Å²) >= 11 is 0. The minimum Gasteiger partial charge on any atom is -0.379 e. The molecule has 0 heterocycles. The number of rotatable bonds is 33. The third-order valence-corrected chi connectivity index (χ3v) is 8.59. The van der Waals surface area contributed by atoms with Crippen LogP contribution in [0.15, 0.2) is 91.0 Å². The van der Waals surface area contributed by atoms with Gasteiger partial charge < -0.3 is 33.2 Å². The molecule has 3 aromatic rings. The van der Waals surface area contributed by atoms with E-state index >= 15 is 0 Å². The first-order chi connectivity index (χ1) is 24.9. The molecule has 0 unspecified atom stereocenters. The summed E-state index contributed by atoms with van der Waals surface area (Å²) in [6.07, 6.45) is 13.4. The van der Waals surface area contributed by atoms with Crippen molar-refractivity contribution in [2.45, 2.75) is 76.7 Å². The summed E-state index contributed by atoms with van der Waals surface area (Å²) in [5.41, 5.74) is 2.50. The molecule has 0 amide bonds. The lowest BCUT2D eigenvalue weighted by Crippen LogP contribution is -2.34. The Hall–Kier alpha value is -2.62. The first-order valence-corrected chi connectivity index (χ1v) is 19.1. The molecule has 0 fully saturated rings. The molecule has 0 saturated carbocycles. The maximum Gasteiger partial charge on any atom is 0.143 e. The smallest absolute Gasteiger partial charge is 0.143 e. The van der Waals surface area contributed by atoms with Crippen molar-refractivity contribution < 1.29 is 33.2 Å². The fourth-order valence-electron chi connectivity index (χ4n) is 5.92. The van der Waals surface area contributed by atoms with E-state index < -0.39 is 5.60 Å². The van der Waals surface area contributed by atoms with Crippen LogP contribution in [0.25, 0.3) is 0 Å². The number of unbranched alkanes of at least 4 members (excludes halogenated alkanes) is 9. The lowest BCUT2D eigenvalue weighted by atomic mass is 9.80. The molecule has 0 aliphatic heterocycles. The lowest BCUT2D eigenvalue weighted by Gasteiger charge is -2.36. The molecule has 0 aliphatic carbocycles. The van der Waals surface area contributed by atoms with Gasteiger partial charge in [-0.3, -0.25) is 0 Å². The highest BCUT2D eigenvalue weighted by atomic mass is 16.6. The highest BCUT2D eigenvalue weighted by Crippen LogP contribution is 2.40. The molecule has 0 radical (unpaired) electrons. The second-order valence-corrected chi connectivity index (χ2v) is 12.5. The van der Waals surface area contributed by atoms with E-state index in [1.807, 2.05) is 18.2 Å². The van der Waals surface area contributed by atoms with Gasteiger partial charge in [0.2, 0.25) is 0 Å². The second kappa shape index (κ2) is 29.0. The first-order valence-electron chi connectivity index (χ1n) is 19.1. The van der Waals surface area contributed by atoms with Crippen LogP contribution in [0.2, 0.25) is 0 Å². The number of hydrogen-bond acceptors (Lipinski definition) is 7. The summed E-state index contributed by atoms with van der Waals surface area (Å²) in [7, 11) is 0. The molecule has 50 heavy (non-hydrogen) atoms. The van der Waals surface area contributed by atoms with Crippen molar-refractivity contribution in [3.8, 4) is 0 Å². The maximum absolute atomic E-state index is 6.74. The average molecular weight is 693 g/mol. The van der Waals surface area contributed by atoms with Crippen LogP contribution in [0.5, 0.6) is 0 Å². The Morgan fingerprint density at radius 2 is 0.600 bits per heavy atom. The summed E-state index contributed by atoms with van der Waals surface area (Å²) < 4.78 is 40.7. The Morgan fingerprint density at radius 3 is 0.940 bits per heavy atom. The highest BCUT2D eigenvalue weighted by molar-refractivity contribution is 5.47. The second-order valence-electron chi connectivity index (χ2n) is 12.5. The van der Waals surface area contributed by atoms with Crippen LogP contribution < -0.4 is 0 Å². The minimum absolute atomic E-state index is 0.431. The predicted octanol–water partition coefficient (Wildman–Crippen LogP) is 9.02. The van der Waals surface area contributed by atoms with E-state index in [9.17, 15) is 0 Å². The molecule has 0 aromatic heterocycles. The van der Waals surface area contributed by atoms with Crippen LogP contribution >= 0.6 is 0 Å². The van der Waals surface area contributed by atoms with Crippen molar-refractivity contribution in [3.05, 3.63) is 108 Å². The molecule has 0 N–H and O–H groups in total. The van der Waals surface area contributed by atoms with Gasteiger partial charge in [0, 0.05) is 6.61 Å². The van der Waals surface area contributed by atoms with Crippen LogP contribution in [0.4, 0.5) is 0 Å². The van der Waals surface area contributed by atoms with Crippen LogP contribution in [0, 0.1) is 0 Å². The van der Waals surface area contributed by atoms with Crippen molar-refractivity contribution in [3.63, 3.8) is 0 Å². The monoisotopic (exact) mass is 692 g/mol. The van der Waals surface area contributed by atoms with Crippen molar-refractivity contribution in [1.29, 1.82) is 0 Å². The van der Waals surface area contributed by atoms with Crippen LogP contribution in [0.3, 0.4) is 0 Å². The minimum atomic E-state index is -0.738. The van der Waals surface area contributed by atoms with E-state index in [4.69, 9.17) is 33.2 Å². The normalized spacial score (nSPS) is 11.7. The number of benzene rings is 3. The Bertz CT molecular complexity index is 1050. The van der Waals surface area contributed by atoms with Gasteiger partial charge in [0.25, 0.3) is 0 Å². The van der Waals surface area contributed by atoms with Crippen molar-refractivity contribution in [2.24, 2.45) is 0 Å². The molecule has 7 heteroatoms. The number of hydrogen-bond donors (Lipinski definition) is 0. The van der Waals surface area contributed by atoms with Gasteiger partial charge >= 0.3 is 0 Å². The molecule has 0 spiro atoms. The number of ether oxygens (including phenoxy) is 7. The highest BCUT2D eigenvalue weighted by Gasteiger charge is 2.37. The summed E-state index contributed by atoms with van der Waals surface area (Å²) in [6, 6.07) is 31.1. The zero-order valence-corrected chi connectivity index (χ0v) is 30.8.